The molecule has 0 saturated carbocycles. The van der Waals surface area contributed by atoms with Gasteiger partial charge in [0, 0.05) is 25.2 Å². The van der Waals surface area contributed by atoms with Gasteiger partial charge < -0.3 is 10.6 Å². The summed E-state index contributed by atoms with van der Waals surface area (Å²) >= 11 is 0. The van der Waals surface area contributed by atoms with Crippen LogP contribution in [0.3, 0.4) is 0 Å². The first kappa shape index (κ1) is 12.9. The van der Waals surface area contributed by atoms with E-state index in [1.807, 2.05) is 0 Å². The summed E-state index contributed by atoms with van der Waals surface area (Å²) in [7, 11) is 2.20. The molecule has 3 heteroatoms. The van der Waals surface area contributed by atoms with Crippen LogP contribution in [0, 0.1) is 0 Å². The van der Waals surface area contributed by atoms with E-state index in [1.54, 1.807) is 0 Å². The lowest BCUT2D eigenvalue weighted by Crippen LogP contribution is -2.42. The van der Waals surface area contributed by atoms with Crippen molar-refractivity contribution in [3.63, 3.8) is 0 Å². The van der Waals surface area contributed by atoms with Crippen LogP contribution in [0.25, 0.3) is 0 Å². The van der Waals surface area contributed by atoms with Gasteiger partial charge in [-0.1, -0.05) is 13.8 Å². The van der Waals surface area contributed by atoms with Gasteiger partial charge in [-0.3, -0.25) is 4.90 Å². The molecule has 0 aromatic rings. The molecule has 1 saturated heterocycles. The second-order valence-corrected chi connectivity index (χ2v) is 4.81. The number of hydrogen-bond acceptors (Lipinski definition) is 3. The average molecular weight is 213 g/mol. The monoisotopic (exact) mass is 213 g/mol. The van der Waals surface area contributed by atoms with Crippen LogP contribution in [0.15, 0.2) is 0 Å². The van der Waals surface area contributed by atoms with Gasteiger partial charge in [0.2, 0.25) is 0 Å². The molecular formula is C12H27N3. The summed E-state index contributed by atoms with van der Waals surface area (Å²) in [5.74, 6) is 0. The Labute approximate surface area is 94.6 Å². The number of nitrogens with zero attached hydrogens (tertiary/aromatic N) is 2. The summed E-state index contributed by atoms with van der Waals surface area (Å²) in [6, 6.07) is 1.11. The maximum absolute atomic E-state index is 5.96. The summed E-state index contributed by atoms with van der Waals surface area (Å²) in [5, 5.41) is 0. The van der Waals surface area contributed by atoms with E-state index >= 15 is 0 Å². The number of nitrogens with two attached hydrogens (primary N) is 1. The highest BCUT2D eigenvalue weighted by Crippen LogP contribution is 2.17. The van der Waals surface area contributed by atoms with Gasteiger partial charge in [-0.15, -0.1) is 0 Å². The van der Waals surface area contributed by atoms with Gasteiger partial charge >= 0.3 is 0 Å². The Kier molecular flexibility index (Phi) is 5.58. The third-order valence-corrected chi connectivity index (χ3v) is 3.50. The fourth-order valence-corrected chi connectivity index (χ4v) is 2.48. The lowest BCUT2D eigenvalue weighted by atomic mass is 10.2. The van der Waals surface area contributed by atoms with Gasteiger partial charge in [0.25, 0.3) is 0 Å². The summed E-state index contributed by atoms with van der Waals surface area (Å²) in [6.45, 7) is 9.11. The Hall–Kier alpha value is -0.120. The molecule has 1 heterocycles. The lowest BCUT2D eigenvalue weighted by molar-refractivity contribution is 0.192. The van der Waals surface area contributed by atoms with Gasteiger partial charge in [-0.2, -0.15) is 0 Å². The first-order valence-corrected chi connectivity index (χ1v) is 6.35. The highest BCUT2D eigenvalue weighted by molar-refractivity contribution is 4.81. The minimum atomic E-state index is 0.339. The topological polar surface area (TPSA) is 32.5 Å². The van der Waals surface area contributed by atoms with E-state index in [-0.39, 0.29) is 0 Å². The highest BCUT2D eigenvalue weighted by Gasteiger charge is 2.24. The molecule has 15 heavy (non-hydrogen) atoms. The van der Waals surface area contributed by atoms with Crippen molar-refractivity contribution in [3.05, 3.63) is 0 Å². The molecule has 0 radical (unpaired) electrons. The molecule has 2 atom stereocenters. The van der Waals surface area contributed by atoms with E-state index < -0.39 is 0 Å². The zero-order valence-electron chi connectivity index (χ0n) is 10.6. The van der Waals surface area contributed by atoms with E-state index in [1.165, 1.54) is 32.5 Å². The zero-order chi connectivity index (χ0) is 11.3. The first-order valence-electron chi connectivity index (χ1n) is 6.35. The summed E-state index contributed by atoms with van der Waals surface area (Å²) in [6.07, 6.45) is 3.80. The van der Waals surface area contributed by atoms with Crippen molar-refractivity contribution in [2.45, 2.75) is 45.2 Å². The summed E-state index contributed by atoms with van der Waals surface area (Å²) < 4.78 is 0. The normalized spacial score (nSPS) is 25.0. The maximum Gasteiger partial charge on any atom is 0.0223 e. The third kappa shape index (κ3) is 4.09. The molecule has 1 fully saturated rings. The number of likely N-dealkylation sites (tertiary alicyclic amines) is 1. The summed E-state index contributed by atoms with van der Waals surface area (Å²) in [4.78, 5) is 4.99. The number of rotatable bonds is 6. The van der Waals surface area contributed by atoms with Gasteiger partial charge in [0.05, 0.1) is 0 Å². The molecule has 0 bridgehead atoms. The van der Waals surface area contributed by atoms with Gasteiger partial charge in [-0.25, -0.2) is 0 Å². The molecule has 1 aliphatic rings. The van der Waals surface area contributed by atoms with Crippen LogP contribution in [-0.4, -0.2) is 55.1 Å². The fraction of sp³-hybridized carbons (Fsp3) is 1.00. The van der Waals surface area contributed by atoms with Crippen molar-refractivity contribution in [2.24, 2.45) is 5.73 Å². The first-order chi connectivity index (χ1) is 7.17. The predicted octanol–water partition coefficient (Wildman–Crippen LogP) is 1.14. The van der Waals surface area contributed by atoms with Crippen LogP contribution in [0.4, 0.5) is 0 Å². The Bertz CT molecular complexity index is 172. The number of hydrogen-bond donors (Lipinski definition) is 1. The van der Waals surface area contributed by atoms with Crippen LogP contribution in [-0.2, 0) is 0 Å². The minimum Gasteiger partial charge on any atom is -0.327 e. The lowest BCUT2D eigenvalue weighted by Gasteiger charge is -2.28. The Morgan fingerprint density at radius 3 is 2.80 bits per heavy atom. The molecule has 90 valence electrons. The standard InChI is InChI=1S/C12H27N3/c1-4-11(13)9-14(3)10-12-7-6-8-15(12)5-2/h11-12H,4-10,13H2,1-3H3. The smallest absolute Gasteiger partial charge is 0.0223 e. The molecule has 1 aliphatic heterocycles. The Morgan fingerprint density at radius 2 is 2.20 bits per heavy atom. The second-order valence-electron chi connectivity index (χ2n) is 4.81. The zero-order valence-corrected chi connectivity index (χ0v) is 10.6. The molecule has 2 unspecified atom stereocenters. The van der Waals surface area contributed by atoms with E-state index in [9.17, 15) is 0 Å². The Balaban J connectivity index is 2.27. The second kappa shape index (κ2) is 6.46. The van der Waals surface area contributed by atoms with Crippen molar-refractivity contribution in [3.8, 4) is 0 Å². The van der Waals surface area contributed by atoms with Crippen molar-refractivity contribution in [1.29, 1.82) is 0 Å². The van der Waals surface area contributed by atoms with Crippen LogP contribution < -0.4 is 5.73 Å². The van der Waals surface area contributed by atoms with E-state index in [2.05, 4.69) is 30.7 Å². The molecule has 2 N–H and O–H groups in total. The van der Waals surface area contributed by atoms with Crippen molar-refractivity contribution in [1.82, 2.24) is 9.80 Å². The maximum atomic E-state index is 5.96. The minimum absolute atomic E-state index is 0.339. The van der Waals surface area contributed by atoms with E-state index in [4.69, 9.17) is 5.73 Å². The third-order valence-electron chi connectivity index (χ3n) is 3.50. The molecular weight excluding hydrogens is 186 g/mol. The number of likely N-dealkylation sites (N-methyl/N-ethyl adjacent to an activating group) is 2. The molecule has 0 spiro atoms. The van der Waals surface area contributed by atoms with Crippen LogP contribution in [0.5, 0.6) is 0 Å². The molecule has 0 amide bonds. The van der Waals surface area contributed by atoms with Crippen molar-refractivity contribution >= 4 is 0 Å². The van der Waals surface area contributed by atoms with Crippen LogP contribution >= 0.6 is 0 Å². The van der Waals surface area contributed by atoms with E-state index in [0.717, 1.165) is 19.0 Å². The molecule has 0 aromatic heterocycles. The van der Waals surface area contributed by atoms with Crippen LogP contribution in [0.1, 0.15) is 33.1 Å². The van der Waals surface area contributed by atoms with Gasteiger partial charge in [0.1, 0.15) is 0 Å². The largest absolute Gasteiger partial charge is 0.327 e. The van der Waals surface area contributed by atoms with Gasteiger partial charge in [-0.05, 0) is 39.4 Å². The van der Waals surface area contributed by atoms with E-state index in [0.29, 0.717) is 6.04 Å². The summed E-state index contributed by atoms with van der Waals surface area (Å²) in [5.41, 5.74) is 5.96. The molecule has 1 rings (SSSR count). The van der Waals surface area contributed by atoms with Gasteiger partial charge in [0.15, 0.2) is 0 Å². The predicted molar refractivity (Wildman–Crippen MR) is 66.0 cm³/mol. The molecule has 0 aliphatic carbocycles. The van der Waals surface area contributed by atoms with Crippen molar-refractivity contribution < 1.29 is 0 Å². The SMILES string of the molecule is CCC(N)CN(C)CC1CCCN1CC. The highest BCUT2D eigenvalue weighted by atomic mass is 15.2. The quantitative estimate of drug-likeness (QED) is 0.718. The molecule has 3 nitrogen and oxygen atoms in total. The average Bonchev–Trinajstić information content (AvgIpc) is 2.64. The fourth-order valence-electron chi connectivity index (χ4n) is 2.48. The van der Waals surface area contributed by atoms with Crippen molar-refractivity contribution in [2.75, 3.05) is 33.2 Å². The molecule has 0 aromatic carbocycles. The Morgan fingerprint density at radius 1 is 1.47 bits per heavy atom. The van der Waals surface area contributed by atoms with Crippen LogP contribution in [0.2, 0.25) is 0 Å².